The van der Waals surface area contributed by atoms with Crippen LogP contribution in [0.1, 0.15) is 30.9 Å². The number of hydrogen-bond donors (Lipinski definition) is 1. The number of likely N-dealkylation sites (tertiary alicyclic amines) is 1. The predicted octanol–water partition coefficient (Wildman–Crippen LogP) is 3.37. The van der Waals surface area contributed by atoms with Crippen molar-refractivity contribution in [2.45, 2.75) is 39.0 Å². The monoisotopic (exact) mass is 338 g/mol. The molecule has 0 aromatic heterocycles. The van der Waals surface area contributed by atoms with E-state index in [1.54, 1.807) is 6.92 Å². The van der Waals surface area contributed by atoms with Crippen LogP contribution in [-0.4, -0.2) is 30.0 Å². The molecule has 0 spiro atoms. The second-order valence-electron chi connectivity index (χ2n) is 6.59. The van der Waals surface area contributed by atoms with E-state index < -0.39 is 6.10 Å². The predicted molar refractivity (Wildman–Crippen MR) is 99.3 cm³/mol. The van der Waals surface area contributed by atoms with Crippen LogP contribution in [0.3, 0.4) is 0 Å². The Morgan fingerprint density at radius 3 is 2.36 bits per heavy atom. The highest BCUT2D eigenvalue weighted by Gasteiger charge is 2.14. The van der Waals surface area contributed by atoms with E-state index in [0.717, 1.165) is 12.1 Å². The van der Waals surface area contributed by atoms with Gasteiger partial charge < -0.3 is 10.1 Å². The lowest BCUT2D eigenvalue weighted by Crippen LogP contribution is -2.35. The lowest BCUT2D eigenvalue weighted by atomic mass is 10.1. The topological polar surface area (TPSA) is 41.6 Å². The molecule has 0 aliphatic carbocycles. The largest absolute Gasteiger partial charge is 0.481 e. The number of carbonyl (C=O) groups is 1. The van der Waals surface area contributed by atoms with Crippen LogP contribution in [0.25, 0.3) is 0 Å². The molecule has 2 aromatic rings. The van der Waals surface area contributed by atoms with Crippen LogP contribution >= 0.6 is 0 Å². The first kappa shape index (κ1) is 17.5. The summed E-state index contributed by atoms with van der Waals surface area (Å²) in [6.45, 7) is 5.72. The van der Waals surface area contributed by atoms with Gasteiger partial charge >= 0.3 is 0 Å². The Morgan fingerprint density at radius 1 is 1.04 bits per heavy atom. The van der Waals surface area contributed by atoms with E-state index in [1.807, 2.05) is 30.3 Å². The third-order valence-electron chi connectivity index (χ3n) is 4.52. The van der Waals surface area contributed by atoms with Crippen LogP contribution in [0.4, 0.5) is 0 Å². The van der Waals surface area contributed by atoms with Crippen molar-refractivity contribution < 1.29 is 9.53 Å². The van der Waals surface area contributed by atoms with Crippen molar-refractivity contribution in [3.05, 3.63) is 65.7 Å². The summed E-state index contributed by atoms with van der Waals surface area (Å²) in [4.78, 5) is 14.7. The maximum absolute atomic E-state index is 12.2. The van der Waals surface area contributed by atoms with Crippen LogP contribution in [0.15, 0.2) is 54.6 Å². The van der Waals surface area contributed by atoms with Gasteiger partial charge in [-0.3, -0.25) is 9.69 Å². The standard InChI is InChI=1S/C21H26N2O2/c1-17(25-20-7-3-2-4-8-20)21(24)22-15-18-9-11-19(12-10-18)16-23-13-5-6-14-23/h2-4,7-12,17H,5-6,13-16H2,1H3,(H,22,24)/t17-/m1/s1. The van der Waals surface area contributed by atoms with Gasteiger partial charge in [-0.2, -0.15) is 0 Å². The molecule has 2 aromatic carbocycles. The van der Waals surface area contributed by atoms with Gasteiger partial charge in [-0.1, -0.05) is 42.5 Å². The normalized spacial score (nSPS) is 15.7. The summed E-state index contributed by atoms with van der Waals surface area (Å²) < 4.78 is 5.64. The van der Waals surface area contributed by atoms with Crippen LogP contribution in [0, 0.1) is 0 Å². The van der Waals surface area contributed by atoms with E-state index in [9.17, 15) is 4.79 Å². The van der Waals surface area contributed by atoms with E-state index >= 15 is 0 Å². The molecule has 0 saturated carbocycles. The van der Waals surface area contributed by atoms with Crippen LogP contribution < -0.4 is 10.1 Å². The summed E-state index contributed by atoms with van der Waals surface area (Å²) in [5.74, 6) is 0.599. The molecular weight excluding hydrogens is 312 g/mol. The molecule has 25 heavy (non-hydrogen) atoms. The first-order valence-electron chi connectivity index (χ1n) is 9.00. The van der Waals surface area contributed by atoms with Gasteiger partial charge in [-0.05, 0) is 56.1 Å². The Bertz CT molecular complexity index is 664. The number of amides is 1. The molecule has 0 radical (unpaired) electrons. The van der Waals surface area contributed by atoms with E-state index in [4.69, 9.17) is 4.74 Å². The summed E-state index contributed by atoms with van der Waals surface area (Å²) in [5, 5.41) is 2.94. The number of hydrogen-bond acceptors (Lipinski definition) is 3. The highest BCUT2D eigenvalue weighted by atomic mass is 16.5. The van der Waals surface area contributed by atoms with E-state index in [2.05, 4.69) is 34.5 Å². The maximum Gasteiger partial charge on any atom is 0.261 e. The Kier molecular flexibility index (Phi) is 6.07. The smallest absolute Gasteiger partial charge is 0.261 e. The van der Waals surface area contributed by atoms with Crippen LogP contribution in [0.2, 0.25) is 0 Å². The Morgan fingerprint density at radius 2 is 1.68 bits per heavy atom. The fourth-order valence-electron chi connectivity index (χ4n) is 3.05. The zero-order valence-electron chi connectivity index (χ0n) is 14.8. The molecule has 4 heteroatoms. The number of ether oxygens (including phenoxy) is 1. The van der Waals surface area contributed by atoms with Crippen molar-refractivity contribution in [2.75, 3.05) is 13.1 Å². The SMILES string of the molecule is C[C@@H](Oc1ccccc1)C(=O)NCc1ccc(CN2CCCC2)cc1. The lowest BCUT2D eigenvalue weighted by molar-refractivity contribution is -0.127. The fourth-order valence-corrected chi connectivity index (χ4v) is 3.05. The summed E-state index contributed by atoms with van der Waals surface area (Å²) in [5.41, 5.74) is 2.43. The summed E-state index contributed by atoms with van der Waals surface area (Å²) in [7, 11) is 0. The lowest BCUT2D eigenvalue weighted by Gasteiger charge is -2.16. The van der Waals surface area contributed by atoms with Gasteiger partial charge in [0.15, 0.2) is 6.10 Å². The van der Waals surface area contributed by atoms with Gasteiger partial charge in [0.05, 0.1) is 0 Å². The maximum atomic E-state index is 12.2. The molecule has 1 heterocycles. The Labute approximate surface area is 149 Å². The van der Waals surface area contributed by atoms with Crippen molar-refractivity contribution >= 4 is 5.91 Å². The first-order valence-corrected chi connectivity index (χ1v) is 9.00. The molecule has 1 aliphatic heterocycles. The number of benzene rings is 2. The molecule has 1 saturated heterocycles. The third kappa shape index (κ3) is 5.33. The molecule has 0 bridgehead atoms. The third-order valence-corrected chi connectivity index (χ3v) is 4.52. The van der Waals surface area contributed by atoms with Crippen molar-refractivity contribution in [1.29, 1.82) is 0 Å². The Hall–Kier alpha value is -2.33. The molecule has 0 unspecified atom stereocenters. The molecule has 1 fully saturated rings. The van der Waals surface area contributed by atoms with Crippen molar-refractivity contribution in [3.8, 4) is 5.75 Å². The second kappa shape index (κ2) is 8.67. The summed E-state index contributed by atoms with van der Waals surface area (Å²) in [6.07, 6.45) is 2.11. The molecule has 4 nitrogen and oxygen atoms in total. The van der Waals surface area contributed by atoms with E-state index in [1.165, 1.54) is 31.5 Å². The van der Waals surface area contributed by atoms with E-state index in [0.29, 0.717) is 12.3 Å². The minimum absolute atomic E-state index is 0.106. The second-order valence-corrected chi connectivity index (χ2v) is 6.59. The zero-order valence-corrected chi connectivity index (χ0v) is 14.8. The fraction of sp³-hybridized carbons (Fsp3) is 0.381. The van der Waals surface area contributed by atoms with Gasteiger partial charge in [0, 0.05) is 13.1 Å². The summed E-state index contributed by atoms with van der Waals surface area (Å²) in [6, 6.07) is 17.9. The Balaban J connectivity index is 1.45. The van der Waals surface area contributed by atoms with Gasteiger partial charge in [-0.25, -0.2) is 0 Å². The first-order chi connectivity index (χ1) is 12.2. The molecule has 1 N–H and O–H groups in total. The number of rotatable bonds is 7. The quantitative estimate of drug-likeness (QED) is 0.842. The van der Waals surface area contributed by atoms with Gasteiger partial charge in [-0.15, -0.1) is 0 Å². The van der Waals surface area contributed by atoms with Crippen LogP contribution in [-0.2, 0) is 17.9 Å². The molecule has 1 amide bonds. The molecule has 3 rings (SSSR count). The van der Waals surface area contributed by atoms with Crippen molar-refractivity contribution in [2.24, 2.45) is 0 Å². The minimum atomic E-state index is -0.517. The van der Waals surface area contributed by atoms with Crippen molar-refractivity contribution in [1.82, 2.24) is 10.2 Å². The zero-order chi connectivity index (χ0) is 17.5. The molecular formula is C21H26N2O2. The van der Waals surface area contributed by atoms with Gasteiger partial charge in [0.25, 0.3) is 5.91 Å². The van der Waals surface area contributed by atoms with E-state index in [-0.39, 0.29) is 5.91 Å². The molecule has 1 atom stereocenters. The van der Waals surface area contributed by atoms with Crippen molar-refractivity contribution in [3.63, 3.8) is 0 Å². The number of para-hydroxylation sites is 1. The number of nitrogens with one attached hydrogen (secondary N) is 1. The highest BCUT2D eigenvalue weighted by Crippen LogP contribution is 2.14. The van der Waals surface area contributed by atoms with Crippen LogP contribution in [0.5, 0.6) is 5.75 Å². The van der Waals surface area contributed by atoms with Gasteiger partial charge in [0.2, 0.25) is 0 Å². The number of nitrogens with zero attached hydrogens (tertiary/aromatic N) is 1. The summed E-state index contributed by atoms with van der Waals surface area (Å²) >= 11 is 0. The number of carbonyl (C=O) groups excluding carboxylic acids is 1. The minimum Gasteiger partial charge on any atom is -0.481 e. The molecule has 132 valence electrons. The van der Waals surface area contributed by atoms with Gasteiger partial charge in [0.1, 0.15) is 5.75 Å². The average Bonchev–Trinajstić information content (AvgIpc) is 3.14. The molecule has 1 aliphatic rings. The average molecular weight is 338 g/mol. The highest BCUT2D eigenvalue weighted by molar-refractivity contribution is 5.80.